The van der Waals surface area contributed by atoms with Gasteiger partial charge in [0.2, 0.25) is 0 Å². The van der Waals surface area contributed by atoms with Crippen molar-refractivity contribution in [1.29, 1.82) is 0 Å². The molecule has 0 unspecified atom stereocenters. The van der Waals surface area contributed by atoms with Gasteiger partial charge < -0.3 is 30.3 Å². The molecule has 1 aromatic heterocycles. The average Bonchev–Trinajstić information content (AvgIpc) is 3.28. The van der Waals surface area contributed by atoms with Crippen LogP contribution in [0.15, 0.2) is 84.9 Å². The summed E-state index contributed by atoms with van der Waals surface area (Å²) < 4.78 is 2.46. The molecule has 4 aromatic carbocycles. The molecule has 47 heavy (non-hydrogen) atoms. The number of carbonyl (C=O) groups is 1. The number of carbonyl (C=O) groups excluding carboxylic acids is 1. The highest BCUT2D eigenvalue weighted by molar-refractivity contribution is 6.05. The van der Waals surface area contributed by atoms with Gasteiger partial charge in [-0.3, -0.25) is 4.79 Å². The Morgan fingerprint density at radius 3 is 2.17 bits per heavy atom. The van der Waals surface area contributed by atoms with E-state index < -0.39 is 0 Å². The van der Waals surface area contributed by atoms with Gasteiger partial charge in [-0.05, 0) is 112 Å². The summed E-state index contributed by atoms with van der Waals surface area (Å²) in [4.78, 5) is 15.6. The number of hydrogen-bond donors (Lipinski definition) is 4. The maximum Gasteiger partial charge on any atom is 0.255 e. The highest BCUT2D eigenvalue weighted by Crippen LogP contribution is 2.39. The maximum absolute atomic E-state index is 13.0. The molecule has 0 spiro atoms. The van der Waals surface area contributed by atoms with Crippen molar-refractivity contribution >= 4 is 33.9 Å². The highest BCUT2D eigenvalue weighted by atomic mass is 16.3. The Bertz CT molecular complexity index is 1790. The second-order valence-electron chi connectivity index (χ2n) is 12.9. The predicted molar refractivity (Wildman–Crippen MR) is 195 cm³/mol. The van der Waals surface area contributed by atoms with Crippen molar-refractivity contribution in [2.45, 2.75) is 60.4 Å². The van der Waals surface area contributed by atoms with E-state index in [1.54, 1.807) is 24.3 Å². The second-order valence-corrected chi connectivity index (χ2v) is 12.9. The van der Waals surface area contributed by atoms with Crippen LogP contribution < -0.4 is 10.6 Å². The SMILES string of the molecule is CCCN(CCCn1c(C)c(C)c2cc(Nc3ccc(C(=O)Nc4cc(O)c(-c5ccccc5)c(O)c4)cc3)ccc21)CCC(C)C. The number of rotatable bonds is 14. The molecule has 0 saturated heterocycles. The number of aryl methyl sites for hydroxylation is 2. The minimum atomic E-state index is -0.339. The zero-order chi connectivity index (χ0) is 33.5. The van der Waals surface area contributed by atoms with Gasteiger partial charge >= 0.3 is 0 Å². The molecule has 7 heteroatoms. The number of amides is 1. The zero-order valence-electron chi connectivity index (χ0n) is 28.3. The van der Waals surface area contributed by atoms with E-state index in [2.05, 4.69) is 72.9 Å². The van der Waals surface area contributed by atoms with E-state index >= 15 is 0 Å². The Hall–Kier alpha value is -4.75. The lowest BCUT2D eigenvalue weighted by Gasteiger charge is -2.23. The summed E-state index contributed by atoms with van der Waals surface area (Å²) in [5, 5.41) is 28.7. The fourth-order valence-corrected chi connectivity index (χ4v) is 6.22. The minimum absolute atomic E-state index is 0.112. The maximum atomic E-state index is 13.0. The lowest BCUT2D eigenvalue weighted by molar-refractivity contribution is 0.102. The first-order valence-corrected chi connectivity index (χ1v) is 16.8. The first-order chi connectivity index (χ1) is 22.6. The molecule has 1 heterocycles. The fourth-order valence-electron chi connectivity index (χ4n) is 6.22. The van der Waals surface area contributed by atoms with Gasteiger partial charge in [-0.1, -0.05) is 51.1 Å². The molecule has 0 atom stereocenters. The molecule has 5 rings (SSSR count). The molecule has 5 aromatic rings. The van der Waals surface area contributed by atoms with Crippen LogP contribution in [0.2, 0.25) is 0 Å². The minimum Gasteiger partial charge on any atom is -0.507 e. The third-order valence-corrected chi connectivity index (χ3v) is 8.91. The van der Waals surface area contributed by atoms with E-state index in [0.29, 0.717) is 22.4 Å². The third-order valence-electron chi connectivity index (χ3n) is 8.91. The topological polar surface area (TPSA) is 89.8 Å². The van der Waals surface area contributed by atoms with Gasteiger partial charge in [0.05, 0.1) is 5.56 Å². The van der Waals surface area contributed by atoms with Crippen molar-refractivity contribution in [1.82, 2.24) is 9.47 Å². The van der Waals surface area contributed by atoms with E-state index in [9.17, 15) is 15.0 Å². The number of anilines is 3. The zero-order valence-corrected chi connectivity index (χ0v) is 28.3. The van der Waals surface area contributed by atoms with E-state index in [4.69, 9.17) is 0 Å². The summed E-state index contributed by atoms with van der Waals surface area (Å²) in [5.74, 6) is 0.169. The van der Waals surface area contributed by atoms with E-state index in [1.807, 2.05) is 30.3 Å². The van der Waals surface area contributed by atoms with Gasteiger partial charge in [-0.25, -0.2) is 0 Å². The molecule has 4 N–H and O–H groups in total. The molecule has 0 saturated carbocycles. The number of aromatic nitrogens is 1. The van der Waals surface area contributed by atoms with Crippen molar-refractivity contribution < 1.29 is 15.0 Å². The Morgan fingerprint density at radius 1 is 0.830 bits per heavy atom. The highest BCUT2D eigenvalue weighted by Gasteiger charge is 2.15. The summed E-state index contributed by atoms with van der Waals surface area (Å²) >= 11 is 0. The number of nitrogens with one attached hydrogen (secondary N) is 2. The number of fused-ring (bicyclic) bond motifs is 1. The van der Waals surface area contributed by atoms with Crippen LogP contribution >= 0.6 is 0 Å². The number of nitrogens with zero attached hydrogens (tertiary/aromatic N) is 2. The van der Waals surface area contributed by atoms with Crippen LogP contribution in [0, 0.1) is 19.8 Å². The van der Waals surface area contributed by atoms with E-state index in [1.165, 1.54) is 53.7 Å². The molecular weight excluding hydrogens is 584 g/mol. The van der Waals surface area contributed by atoms with Crippen molar-refractivity contribution in [2.75, 3.05) is 30.3 Å². The average molecular weight is 633 g/mol. The quantitative estimate of drug-likeness (QED) is 0.0979. The second kappa shape index (κ2) is 15.2. The van der Waals surface area contributed by atoms with E-state index in [0.717, 1.165) is 43.3 Å². The van der Waals surface area contributed by atoms with Crippen LogP contribution in [0.3, 0.4) is 0 Å². The number of aromatic hydroxyl groups is 2. The Morgan fingerprint density at radius 2 is 1.51 bits per heavy atom. The molecule has 0 aliphatic rings. The molecular formula is C40H48N4O3. The van der Waals surface area contributed by atoms with Crippen molar-refractivity contribution in [2.24, 2.45) is 5.92 Å². The van der Waals surface area contributed by atoms with Crippen LogP contribution in [0.5, 0.6) is 11.5 Å². The standard InChI is InChI=1S/C40H48N4O3/c1-6-20-43(23-19-27(2)3)21-10-22-44-29(5)28(4)35-24-33(17-18-36(35)44)41-32-15-13-31(14-16-32)40(47)42-34-25-37(45)39(38(46)26-34)30-11-8-7-9-12-30/h7-9,11-18,24-27,41,45-46H,6,10,19-23H2,1-5H3,(H,42,47). The molecule has 1 amide bonds. The van der Waals surface area contributed by atoms with Crippen molar-refractivity contribution in [3.05, 3.63) is 102 Å². The molecule has 0 aliphatic heterocycles. The van der Waals surface area contributed by atoms with Crippen LogP contribution in [-0.2, 0) is 6.54 Å². The number of phenols is 2. The van der Waals surface area contributed by atoms with E-state index in [-0.39, 0.29) is 17.4 Å². The van der Waals surface area contributed by atoms with Crippen molar-refractivity contribution in [3.63, 3.8) is 0 Å². The number of phenolic OH excluding ortho intramolecular Hbond substituents is 2. The Labute approximate surface area is 278 Å². The smallest absolute Gasteiger partial charge is 0.255 e. The van der Waals surface area contributed by atoms with Gasteiger partial charge in [0, 0.05) is 57.9 Å². The Balaban J connectivity index is 1.22. The van der Waals surface area contributed by atoms with Crippen LogP contribution in [-0.4, -0.2) is 45.2 Å². The van der Waals surface area contributed by atoms with Crippen LogP contribution in [0.25, 0.3) is 22.0 Å². The summed E-state index contributed by atoms with van der Waals surface area (Å²) in [5.41, 5.74) is 7.51. The molecule has 0 radical (unpaired) electrons. The molecule has 0 bridgehead atoms. The third kappa shape index (κ3) is 8.16. The first kappa shape index (κ1) is 33.6. The summed E-state index contributed by atoms with van der Waals surface area (Å²) in [6, 6.07) is 25.8. The monoisotopic (exact) mass is 632 g/mol. The predicted octanol–water partition coefficient (Wildman–Crippen LogP) is 9.48. The first-order valence-electron chi connectivity index (χ1n) is 16.8. The molecule has 246 valence electrons. The van der Waals surface area contributed by atoms with Crippen LogP contribution in [0.4, 0.5) is 17.1 Å². The number of benzene rings is 4. The van der Waals surface area contributed by atoms with Crippen LogP contribution in [0.1, 0.15) is 61.6 Å². The molecule has 0 fully saturated rings. The lowest BCUT2D eigenvalue weighted by atomic mass is 10.0. The fraction of sp³-hybridized carbons (Fsp3) is 0.325. The van der Waals surface area contributed by atoms with Gasteiger partial charge in [0.1, 0.15) is 11.5 Å². The molecule has 7 nitrogen and oxygen atoms in total. The van der Waals surface area contributed by atoms with Crippen molar-refractivity contribution in [3.8, 4) is 22.6 Å². The van der Waals surface area contributed by atoms with Gasteiger partial charge in [-0.15, -0.1) is 0 Å². The Kier molecular flexibility index (Phi) is 10.9. The van der Waals surface area contributed by atoms with Gasteiger partial charge in [-0.2, -0.15) is 0 Å². The molecule has 0 aliphatic carbocycles. The summed E-state index contributed by atoms with van der Waals surface area (Å²) in [6.45, 7) is 15.7. The van der Waals surface area contributed by atoms with Gasteiger partial charge in [0.15, 0.2) is 0 Å². The normalized spacial score (nSPS) is 11.5. The van der Waals surface area contributed by atoms with Gasteiger partial charge in [0.25, 0.3) is 5.91 Å². The summed E-state index contributed by atoms with van der Waals surface area (Å²) in [6.07, 6.45) is 3.57. The largest absolute Gasteiger partial charge is 0.507 e. The lowest BCUT2D eigenvalue weighted by Crippen LogP contribution is -2.28. The number of hydrogen-bond acceptors (Lipinski definition) is 5. The summed E-state index contributed by atoms with van der Waals surface area (Å²) in [7, 11) is 0.